The van der Waals surface area contributed by atoms with Crippen molar-refractivity contribution in [3.05, 3.63) is 65.7 Å². The number of ether oxygens (including phenoxy) is 2. The first-order valence-corrected chi connectivity index (χ1v) is 9.95. The van der Waals surface area contributed by atoms with Crippen molar-refractivity contribution in [3.63, 3.8) is 0 Å². The molecule has 7 nitrogen and oxygen atoms in total. The zero-order valence-corrected chi connectivity index (χ0v) is 17.2. The summed E-state index contributed by atoms with van der Waals surface area (Å²) in [5, 5.41) is 5.43. The molecule has 0 saturated heterocycles. The molecule has 0 aliphatic rings. The van der Waals surface area contributed by atoms with E-state index in [0.717, 1.165) is 12.8 Å². The first-order valence-electron chi connectivity index (χ1n) is 9.95. The van der Waals surface area contributed by atoms with Crippen molar-refractivity contribution < 1.29 is 23.9 Å². The second kappa shape index (κ2) is 13.1. The molecule has 0 aliphatic carbocycles. The number of methoxy groups -OCH3 is 1. The van der Waals surface area contributed by atoms with E-state index in [2.05, 4.69) is 10.6 Å². The van der Waals surface area contributed by atoms with Crippen LogP contribution in [0.1, 0.15) is 35.2 Å². The van der Waals surface area contributed by atoms with Gasteiger partial charge in [-0.2, -0.15) is 0 Å². The summed E-state index contributed by atoms with van der Waals surface area (Å²) in [4.78, 5) is 35.7. The predicted molar refractivity (Wildman–Crippen MR) is 114 cm³/mol. The van der Waals surface area contributed by atoms with Crippen LogP contribution in [0.4, 0.5) is 5.69 Å². The fraction of sp³-hybridized carbons (Fsp3) is 0.348. The van der Waals surface area contributed by atoms with Gasteiger partial charge in [-0.25, -0.2) is 0 Å². The van der Waals surface area contributed by atoms with E-state index in [9.17, 15) is 14.4 Å². The van der Waals surface area contributed by atoms with Crippen LogP contribution in [0, 0.1) is 0 Å². The largest absolute Gasteiger partial charge is 0.466 e. The van der Waals surface area contributed by atoms with Gasteiger partial charge in [0.05, 0.1) is 19.6 Å². The average molecular weight is 412 g/mol. The van der Waals surface area contributed by atoms with Crippen LogP contribution >= 0.6 is 0 Å². The third-order valence-electron chi connectivity index (χ3n) is 4.29. The Morgan fingerprint density at radius 2 is 1.63 bits per heavy atom. The Labute approximate surface area is 176 Å². The smallest absolute Gasteiger partial charge is 0.306 e. The third kappa shape index (κ3) is 8.87. The molecule has 2 amide bonds. The van der Waals surface area contributed by atoms with Crippen molar-refractivity contribution in [2.75, 3.05) is 32.2 Å². The minimum absolute atomic E-state index is 0.0250. The molecule has 2 N–H and O–H groups in total. The lowest BCUT2D eigenvalue weighted by atomic mass is 10.1. The Hall–Kier alpha value is -3.19. The highest BCUT2D eigenvalue weighted by Crippen LogP contribution is 2.11. The minimum Gasteiger partial charge on any atom is -0.466 e. The van der Waals surface area contributed by atoms with Crippen LogP contribution in [-0.2, 0) is 25.5 Å². The first kappa shape index (κ1) is 23.1. The molecule has 160 valence electrons. The number of carbonyl (C=O) groups excluding carboxylic acids is 3. The Kier molecular flexibility index (Phi) is 10.1. The van der Waals surface area contributed by atoms with E-state index < -0.39 is 0 Å². The molecule has 2 rings (SSSR count). The van der Waals surface area contributed by atoms with Gasteiger partial charge in [-0.05, 0) is 42.7 Å². The van der Waals surface area contributed by atoms with Gasteiger partial charge in [0.2, 0.25) is 5.91 Å². The second-order valence-electron chi connectivity index (χ2n) is 6.68. The number of anilines is 1. The number of hydrogen-bond donors (Lipinski definition) is 2. The molecule has 0 unspecified atom stereocenters. The second-order valence-corrected chi connectivity index (χ2v) is 6.68. The van der Waals surface area contributed by atoms with Gasteiger partial charge in [-0.15, -0.1) is 0 Å². The molecule has 0 saturated carbocycles. The Morgan fingerprint density at radius 3 is 2.33 bits per heavy atom. The van der Waals surface area contributed by atoms with E-state index >= 15 is 0 Å². The molecule has 2 aromatic carbocycles. The summed E-state index contributed by atoms with van der Waals surface area (Å²) in [6.45, 7) is 1.20. The lowest BCUT2D eigenvalue weighted by Gasteiger charge is -2.08. The molecule has 0 radical (unpaired) electrons. The monoisotopic (exact) mass is 412 g/mol. The lowest BCUT2D eigenvalue weighted by molar-refractivity contribution is -0.144. The normalized spacial score (nSPS) is 10.3. The zero-order chi connectivity index (χ0) is 21.6. The topological polar surface area (TPSA) is 93.7 Å². The SMILES string of the molecule is COCCNC(=O)c1ccc(NC(=O)CCC(=O)OCCCc2ccccc2)cc1. The van der Waals surface area contributed by atoms with E-state index in [1.807, 2.05) is 30.3 Å². The lowest BCUT2D eigenvalue weighted by Crippen LogP contribution is -2.26. The maximum atomic E-state index is 12.0. The summed E-state index contributed by atoms with van der Waals surface area (Å²) in [7, 11) is 1.56. The fourth-order valence-electron chi connectivity index (χ4n) is 2.69. The van der Waals surface area contributed by atoms with Gasteiger partial charge in [0.1, 0.15) is 0 Å². The minimum atomic E-state index is -0.388. The molecule has 0 aromatic heterocycles. The van der Waals surface area contributed by atoms with Crippen molar-refractivity contribution >= 4 is 23.5 Å². The number of esters is 1. The Bertz CT molecular complexity index is 806. The highest BCUT2D eigenvalue weighted by atomic mass is 16.5. The van der Waals surface area contributed by atoms with Crippen LogP contribution in [0.15, 0.2) is 54.6 Å². The number of hydrogen-bond acceptors (Lipinski definition) is 5. The van der Waals surface area contributed by atoms with Crippen LogP contribution in [0.25, 0.3) is 0 Å². The van der Waals surface area contributed by atoms with Gasteiger partial charge < -0.3 is 20.1 Å². The summed E-state index contributed by atoms with van der Waals surface area (Å²) >= 11 is 0. The number of rotatable bonds is 12. The van der Waals surface area contributed by atoms with Crippen molar-refractivity contribution in [2.24, 2.45) is 0 Å². The molecule has 7 heteroatoms. The maximum Gasteiger partial charge on any atom is 0.306 e. The quantitative estimate of drug-likeness (QED) is 0.413. The number of benzene rings is 2. The van der Waals surface area contributed by atoms with E-state index in [4.69, 9.17) is 9.47 Å². The van der Waals surface area contributed by atoms with Gasteiger partial charge in [-0.3, -0.25) is 14.4 Å². The summed E-state index contributed by atoms with van der Waals surface area (Å²) in [5.41, 5.74) is 2.25. The van der Waals surface area contributed by atoms with Crippen LogP contribution in [0.3, 0.4) is 0 Å². The average Bonchev–Trinajstić information content (AvgIpc) is 2.76. The van der Waals surface area contributed by atoms with Gasteiger partial charge in [0.25, 0.3) is 5.91 Å². The Balaban J connectivity index is 1.62. The molecule has 2 aromatic rings. The summed E-state index contributed by atoms with van der Waals surface area (Å²) in [6, 6.07) is 16.5. The molecule has 0 atom stereocenters. The number of carbonyl (C=O) groups is 3. The number of amides is 2. The first-order chi connectivity index (χ1) is 14.6. The standard InChI is InChI=1S/C23H28N2O5/c1-29-17-15-24-23(28)19-9-11-20(12-10-19)25-21(26)13-14-22(27)30-16-5-8-18-6-3-2-4-7-18/h2-4,6-7,9-12H,5,8,13-17H2,1H3,(H,24,28)(H,25,26). The molecule has 0 fully saturated rings. The number of aryl methyl sites for hydroxylation is 1. The summed E-state index contributed by atoms with van der Waals surface area (Å²) < 4.78 is 10.1. The van der Waals surface area contributed by atoms with Gasteiger partial charge in [-0.1, -0.05) is 30.3 Å². The fourth-order valence-corrected chi connectivity index (χ4v) is 2.69. The number of nitrogens with one attached hydrogen (secondary N) is 2. The molecular formula is C23H28N2O5. The molecule has 0 spiro atoms. The van der Waals surface area contributed by atoms with E-state index in [-0.39, 0.29) is 30.6 Å². The highest BCUT2D eigenvalue weighted by molar-refractivity contribution is 5.96. The van der Waals surface area contributed by atoms with E-state index in [1.165, 1.54) is 5.56 Å². The van der Waals surface area contributed by atoms with Gasteiger partial charge in [0, 0.05) is 31.3 Å². The van der Waals surface area contributed by atoms with Crippen LogP contribution in [0.2, 0.25) is 0 Å². The Morgan fingerprint density at radius 1 is 0.900 bits per heavy atom. The van der Waals surface area contributed by atoms with Crippen molar-refractivity contribution in [1.29, 1.82) is 0 Å². The van der Waals surface area contributed by atoms with Crippen LogP contribution < -0.4 is 10.6 Å². The van der Waals surface area contributed by atoms with Crippen LogP contribution in [0.5, 0.6) is 0 Å². The molecular weight excluding hydrogens is 384 g/mol. The third-order valence-corrected chi connectivity index (χ3v) is 4.29. The molecule has 0 heterocycles. The molecule has 30 heavy (non-hydrogen) atoms. The van der Waals surface area contributed by atoms with Gasteiger partial charge in [0.15, 0.2) is 0 Å². The molecule has 0 aliphatic heterocycles. The van der Waals surface area contributed by atoms with Crippen molar-refractivity contribution in [2.45, 2.75) is 25.7 Å². The van der Waals surface area contributed by atoms with Crippen molar-refractivity contribution in [3.8, 4) is 0 Å². The van der Waals surface area contributed by atoms with E-state index in [0.29, 0.717) is 31.0 Å². The zero-order valence-electron chi connectivity index (χ0n) is 17.2. The molecule has 0 bridgehead atoms. The summed E-state index contributed by atoms with van der Waals surface area (Å²) in [5.74, 6) is -0.880. The van der Waals surface area contributed by atoms with E-state index in [1.54, 1.807) is 31.4 Å². The van der Waals surface area contributed by atoms with Gasteiger partial charge >= 0.3 is 5.97 Å². The highest BCUT2D eigenvalue weighted by Gasteiger charge is 2.09. The van der Waals surface area contributed by atoms with Crippen molar-refractivity contribution in [1.82, 2.24) is 5.32 Å². The summed E-state index contributed by atoms with van der Waals surface area (Å²) in [6.07, 6.45) is 1.65. The maximum absolute atomic E-state index is 12.0. The van der Waals surface area contributed by atoms with Crippen LogP contribution in [-0.4, -0.2) is 44.7 Å². The predicted octanol–water partition coefficient (Wildman–Crippen LogP) is 2.96.